The van der Waals surface area contributed by atoms with E-state index in [1.54, 1.807) is 0 Å². The summed E-state index contributed by atoms with van der Waals surface area (Å²) in [6.07, 6.45) is 4.72. The molecular weight excluding hydrogens is 348 g/mol. The molecule has 2 aliphatic heterocycles. The summed E-state index contributed by atoms with van der Waals surface area (Å²) in [6.45, 7) is 3.82. The van der Waals surface area contributed by atoms with Crippen LogP contribution in [-0.2, 0) is 6.61 Å². The van der Waals surface area contributed by atoms with Gasteiger partial charge in [0, 0.05) is 13.5 Å². The number of benzene rings is 2. The lowest BCUT2D eigenvalue weighted by Gasteiger charge is -2.13. The molecule has 0 atom stereocenters. The van der Waals surface area contributed by atoms with E-state index in [1.165, 1.54) is 30.7 Å². The van der Waals surface area contributed by atoms with E-state index < -0.39 is 0 Å². The second-order valence-electron chi connectivity index (χ2n) is 7.49. The Hall–Kier alpha value is -2.91. The van der Waals surface area contributed by atoms with Gasteiger partial charge in [0.05, 0.1) is 25.3 Å². The van der Waals surface area contributed by atoms with Gasteiger partial charge < -0.3 is 9.64 Å². The Morgan fingerprint density at radius 1 is 0.964 bits per heavy atom. The molecule has 5 nitrogen and oxygen atoms in total. The Bertz CT molecular complexity index is 835. The molecule has 5 heteroatoms. The number of anilines is 1. The summed E-state index contributed by atoms with van der Waals surface area (Å²) >= 11 is 0. The number of amidine groups is 1. The van der Waals surface area contributed by atoms with Gasteiger partial charge in [0.2, 0.25) is 0 Å². The Labute approximate surface area is 167 Å². The van der Waals surface area contributed by atoms with Crippen molar-refractivity contribution in [3.05, 3.63) is 60.2 Å². The highest BCUT2D eigenvalue weighted by Crippen LogP contribution is 2.18. The van der Waals surface area contributed by atoms with E-state index in [1.807, 2.05) is 30.3 Å². The van der Waals surface area contributed by atoms with E-state index in [0.29, 0.717) is 6.61 Å². The van der Waals surface area contributed by atoms with Crippen LogP contribution in [0.15, 0.2) is 54.6 Å². The Morgan fingerprint density at radius 3 is 2.39 bits per heavy atom. The number of nitrogens with zero attached hydrogens (tertiary/aromatic N) is 3. The number of ether oxygens (including phenoxy) is 1. The molecule has 0 unspecified atom stereocenters. The molecule has 0 bridgehead atoms. The van der Waals surface area contributed by atoms with E-state index in [0.717, 1.165) is 43.5 Å². The van der Waals surface area contributed by atoms with Gasteiger partial charge in [-0.3, -0.25) is 10.2 Å². The Morgan fingerprint density at radius 2 is 1.71 bits per heavy atom. The Kier molecular flexibility index (Phi) is 5.83. The van der Waals surface area contributed by atoms with Gasteiger partial charge >= 0.3 is 5.96 Å². The molecule has 0 saturated carbocycles. The number of likely N-dealkylation sites (tertiary alicyclic amines) is 2. The fourth-order valence-corrected chi connectivity index (χ4v) is 3.67. The highest BCUT2D eigenvalue weighted by molar-refractivity contribution is 5.97. The summed E-state index contributed by atoms with van der Waals surface area (Å²) in [5.41, 5.74) is 2.21. The van der Waals surface area contributed by atoms with Crippen LogP contribution < -0.4 is 14.7 Å². The van der Waals surface area contributed by atoms with Crippen molar-refractivity contribution in [2.24, 2.45) is 0 Å². The van der Waals surface area contributed by atoms with Crippen LogP contribution in [0.1, 0.15) is 31.2 Å². The van der Waals surface area contributed by atoms with Gasteiger partial charge in [0.25, 0.3) is 5.84 Å². The van der Waals surface area contributed by atoms with Crippen molar-refractivity contribution in [1.29, 1.82) is 0 Å². The minimum Gasteiger partial charge on any atom is -0.489 e. The fraction of sp³-hybridized carbons (Fsp3) is 0.391. The van der Waals surface area contributed by atoms with Crippen molar-refractivity contribution in [1.82, 2.24) is 14.5 Å². The fourth-order valence-electron chi connectivity index (χ4n) is 3.67. The summed E-state index contributed by atoms with van der Waals surface area (Å²) in [4.78, 5) is 4.62. The van der Waals surface area contributed by atoms with Crippen molar-refractivity contribution in [3.63, 3.8) is 0 Å². The zero-order valence-electron chi connectivity index (χ0n) is 16.6. The highest BCUT2D eigenvalue weighted by Gasteiger charge is 2.25. The zero-order chi connectivity index (χ0) is 19.2. The van der Waals surface area contributed by atoms with Crippen LogP contribution >= 0.6 is 0 Å². The third-order valence-electron chi connectivity index (χ3n) is 5.33. The van der Waals surface area contributed by atoms with Crippen LogP contribution in [0.25, 0.3) is 0 Å². The van der Waals surface area contributed by atoms with Crippen molar-refractivity contribution in [2.45, 2.75) is 32.3 Å². The predicted octanol–water partition coefficient (Wildman–Crippen LogP) is 3.32. The lowest BCUT2D eigenvalue weighted by atomic mass is 10.2. The molecule has 0 aromatic heterocycles. The first kappa shape index (κ1) is 18.5. The first-order chi connectivity index (χ1) is 13.8. The summed E-state index contributed by atoms with van der Waals surface area (Å²) in [5.74, 6) is 3.02. The monoisotopic (exact) mass is 377 g/mol. The molecule has 0 spiro atoms. The average molecular weight is 378 g/mol. The molecule has 28 heavy (non-hydrogen) atoms. The first-order valence-corrected chi connectivity index (χ1v) is 10.2. The van der Waals surface area contributed by atoms with Crippen molar-refractivity contribution >= 4 is 17.5 Å². The van der Waals surface area contributed by atoms with Crippen molar-refractivity contribution in [2.75, 3.05) is 32.0 Å². The van der Waals surface area contributed by atoms with E-state index in [2.05, 4.69) is 46.4 Å². The van der Waals surface area contributed by atoms with E-state index in [-0.39, 0.29) is 0 Å². The molecule has 4 rings (SSSR count). The van der Waals surface area contributed by atoms with Gasteiger partial charge in [-0.1, -0.05) is 30.3 Å². The average Bonchev–Trinajstić information content (AvgIpc) is 3.40. The molecule has 0 radical (unpaired) electrons. The smallest absolute Gasteiger partial charge is 0.401 e. The number of nitrogens with one attached hydrogen (secondary N) is 1. The minimum absolute atomic E-state index is 0.582. The largest absolute Gasteiger partial charge is 0.489 e. The third-order valence-corrected chi connectivity index (χ3v) is 5.33. The van der Waals surface area contributed by atoms with Gasteiger partial charge in [0.1, 0.15) is 12.4 Å². The number of rotatable bonds is 4. The van der Waals surface area contributed by atoms with Crippen LogP contribution in [0.2, 0.25) is 0 Å². The Balaban J connectivity index is 1.45. The predicted molar refractivity (Wildman–Crippen MR) is 116 cm³/mol. The molecule has 2 aliphatic rings. The molecule has 2 saturated heterocycles. The molecule has 0 amide bonds. The maximum Gasteiger partial charge on any atom is 0.401 e. The zero-order valence-corrected chi connectivity index (χ0v) is 16.6. The summed E-state index contributed by atoms with van der Waals surface area (Å²) in [7, 11) is 2.13. The topological polar surface area (TPSA) is 41.8 Å². The molecule has 146 valence electrons. The highest BCUT2D eigenvalue weighted by atomic mass is 16.5. The molecule has 2 aromatic carbocycles. The van der Waals surface area contributed by atoms with Crippen LogP contribution in [0.5, 0.6) is 5.75 Å². The number of guanidine groups is 1. The maximum absolute atomic E-state index is 5.89. The van der Waals surface area contributed by atoms with Gasteiger partial charge in [-0.05, 0) is 49.1 Å². The van der Waals surface area contributed by atoms with Crippen LogP contribution in [0, 0.1) is 0 Å². The molecule has 1 N–H and O–H groups in total. The molecule has 0 aliphatic carbocycles. The normalized spacial score (nSPS) is 16.2. The third kappa shape index (κ3) is 4.68. The van der Waals surface area contributed by atoms with Gasteiger partial charge in [-0.2, -0.15) is 0 Å². The summed E-state index contributed by atoms with van der Waals surface area (Å²) in [6, 6.07) is 18.4. The molecule has 2 fully saturated rings. The maximum atomic E-state index is 5.89. The van der Waals surface area contributed by atoms with Crippen LogP contribution in [0.4, 0.5) is 5.69 Å². The molecular formula is C23H29N4O+. The lowest BCUT2D eigenvalue weighted by Crippen LogP contribution is -2.38. The van der Waals surface area contributed by atoms with Crippen LogP contribution in [0.3, 0.4) is 0 Å². The van der Waals surface area contributed by atoms with E-state index in [9.17, 15) is 0 Å². The molecule has 2 aromatic rings. The second-order valence-corrected chi connectivity index (χ2v) is 7.49. The van der Waals surface area contributed by atoms with Crippen LogP contribution in [-0.4, -0.2) is 48.3 Å². The van der Waals surface area contributed by atoms with Crippen molar-refractivity contribution in [3.8, 4) is 5.75 Å². The molecule has 2 heterocycles. The van der Waals surface area contributed by atoms with E-state index in [4.69, 9.17) is 9.40 Å². The lowest BCUT2D eigenvalue weighted by molar-refractivity contribution is 0.306. The number of hydrogen-bond donors (Lipinski definition) is 1. The van der Waals surface area contributed by atoms with Gasteiger partial charge in [-0.25, -0.2) is 4.67 Å². The van der Waals surface area contributed by atoms with Gasteiger partial charge in [0.15, 0.2) is 0 Å². The van der Waals surface area contributed by atoms with E-state index >= 15 is 0 Å². The number of hydrogen-bond acceptors (Lipinski definition) is 1. The SMILES string of the molecule is CN1CCCC1=[N+]=C(Nc1ccc(OCc2ccccc2)cc1)N1CCCC1. The second kappa shape index (κ2) is 8.85. The standard InChI is InChI=1S/C23H28N4O/c1-26-15-7-10-22(26)25-23(27-16-5-6-17-27)24-20-11-13-21(14-12-20)28-18-19-8-3-2-4-9-19/h2-4,8-9,11-14H,5-7,10,15-18H2,1H3/p+1. The summed E-state index contributed by atoms with van der Waals surface area (Å²) in [5, 5.41) is 3.54. The quantitative estimate of drug-likeness (QED) is 0.504. The summed E-state index contributed by atoms with van der Waals surface area (Å²) < 4.78 is 10.9. The van der Waals surface area contributed by atoms with Gasteiger partial charge in [-0.15, -0.1) is 0 Å². The first-order valence-electron chi connectivity index (χ1n) is 10.2. The minimum atomic E-state index is 0.582. The van der Waals surface area contributed by atoms with Crippen molar-refractivity contribution < 1.29 is 4.74 Å².